The molecule has 21 heavy (non-hydrogen) atoms. The summed E-state index contributed by atoms with van der Waals surface area (Å²) in [5.41, 5.74) is 8.15. The van der Waals surface area contributed by atoms with Crippen LogP contribution in [-0.2, 0) is 4.74 Å². The Hall–Kier alpha value is -1.59. The van der Waals surface area contributed by atoms with Crippen molar-refractivity contribution in [3.8, 4) is 0 Å². The van der Waals surface area contributed by atoms with Crippen molar-refractivity contribution in [1.82, 2.24) is 4.90 Å². The lowest BCUT2D eigenvalue weighted by atomic mass is 10.0. The molecule has 0 bridgehead atoms. The van der Waals surface area contributed by atoms with Gasteiger partial charge in [0, 0.05) is 24.2 Å². The van der Waals surface area contributed by atoms with Gasteiger partial charge in [-0.25, -0.2) is 4.79 Å². The second-order valence-corrected chi connectivity index (χ2v) is 6.26. The van der Waals surface area contributed by atoms with Crippen molar-refractivity contribution >= 4 is 11.7 Å². The van der Waals surface area contributed by atoms with Gasteiger partial charge in [0.15, 0.2) is 0 Å². The Bertz CT molecular complexity index is 532. The summed E-state index contributed by atoms with van der Waals surface area (Å²) in [5.74, 6) is 0.640. The maximum atomic E-state index is 12.6. The summed E-state index contributed by atoms with van der Waals surface area (Å²) < 4.78 is 5.47. The van der Waals surface area contributed by atoms with Crippen LogP contribution in [0.5, 0.6) is 0 Å². The van der Waals surface area contributed by atoms with E-state index in [1.807, 2.05) is 23.1 Å². The number of nitrogens with two attached hydrogens (primary N) is 1. The Morgan fingerprint density at radius 3 is 2.90 bits per heavy atom. The number of rotatable bonds is 2. The second-order valence-electron chi connectivity index (χ2n) is 6.26. The fourth-order valence-electron chi connectivity index (χ4n) is 3.32. The third-order valence-corrected chi connectivity index (χ3v) is 4.54. The molecule has 0 aromatic heterocycles. The SMILES string of the molecule is CC(C)c1ccccc1NC(=O)N1CC(N)C2COCC21. The first kappa shape index (κ1) is 14.4. The minimum Gasteiger partial charge on any atom is -0.379 e. The predicted molar refractivity (Wildman–Crippen MR) is 82.3 cm³/mol. The molecule has 3 atom stereocenters. The van der Waals surface area contributed by atoms with Crippen molar-refractivity contribution < 1.29 is 9.53 Å². The molecule has 2 fully saturated rings. The molecule has 0 radical (unpaired) electrons. The normalized spacial score (nSPS) is 28.0. The number of hydrogen-bond acceptors (Lipinski definition) is 3. The van der Waals surface area contributed by atoms with Gasteiger partial charge in [-0.1, -0.05) is 32.0 Å². The third kappa shape index (κ3) is 2.63. The number of likely N-dealkylation sites (tertiary alicyclic amines) is 1. The molecule has 0 saturated carbocycles. The molecule has 0 spiro atoms. The van der Waals surface area contributed by atoms with Crippen molar-refractivity contribution in [3.63, 3.8) is 0 Å². The average Bonchev–Trinajstić information content (AvgIpc) is 3.03. The van der Waals surface area contributed by atoms with Crippen LogP contribution in [0.15, 0.2) is 24.3 Å². The minimum absolute atomic E-state index is 0.0172. The highest BCUT2D eigenvalue weighted by atomic mass is 16.5. The molecule has 2 amide bonds. The fourth-order valence-corrected chi connectivity index (χ4v) is 3.32. The summed E-state index contributed by atoms with van der Waals surface area (Å²) in [6, 6.07) is 8.01. The van der Waals surface area contributed by atoms with Crippen molar-refractivity contribution in [2.24, 2.45) is 11.7 Å². The molecule has 3 N–H and O–H groups in total. The van der Waals surface area contributed by atoms with Crippen LogP contribution < -0.4 is 11.1 Å². The second kappa shape index (κ2) is 5.66. The quantitative estimate of drug-likeness (QED) is 0.875. The molecule has 114 valence electrons. The summed E-state index contributed by atoms with van der Waals surface area (Å²) >= 11 is 0. The number of carbonyl (C=O) groups excluding carboxylic acids is 1. The molecular formula is C16H23N3O2. The molecule has 3 rings (SSSR count). The molecule has 3 unspecified atom stereocenters. The van der Waals surface area contributed by atoms with Crippen LogP contribution in [0, 0.1) is 5.92 Å². The predicted octanol–water partition coefficient (Wildman–Crippen LogP) is 2.00. The Balaban J connectivity index is 1.75. The van der Waals surface area contributed by atoms with E-state index in [9.17, 15) is 4.79 Å². The van der Waals surface area contributed by atoms with Crippen molar-refractivity contribution in [3.05, 3.63) is 29.8 Å². The molecule has 1 aromatic carbocycles. The van der Waals surface area contributed by atoms with Crippen LogP contribution in [0.25, 0.3) is 0 Å². The monoisotopic (exact) mass is 289 g/mol. The number of nitrogens with zero attached hydrogens (tertiary/aromatic N) is 1. The Kier molecular flexibility index (Phi) is 3.87. The first-order valence-electron chi connectivity index (χ1n) is 7.57. The van der Waals surface area contributed by atoms with Gasteiger partial charge in [0.05, 0.1) is 19.3 Å². The Morgan fingerprint density at radius 1 is 1.38 bits per heavy atom. The number of nitrogens with one attached hydrogen (secondary N) is 1. The van der Waals surface area contributed by atoms with Gasteiger partial charge in [-0.2, -0.15) is 0 Å². The van der Waals surface area contributed by atoms with E-state index in [0.29, 0.717) is 25.7 Å². The van der Waals surface area contributed by atoms with Gasteiger partial charge in [0.2, 0.25) is 0 Å². The number of fused-ring (bicyclic) bond motifs is 1. The van der Waals surface area contributed by atoms with Crippen LogP contribution in [0.4, 0.5) is 10.5 Å². The maximum absolute atomic E-state index is 12.6. The van der Waals surface area contributed by atoms with E-state index in [-0.39, 0.29) is 24.0 Å². The maximum Gasteiger partial charge on any atom is 0.322 e. The lowest BCUT2D eigenvalue weighted by Gasteiger charge is -2.24. The average molecular weight is 289 g/mol. The zero-order valence-corrected chi connectivity index (χ0v) is 12.6. The summed E-state index contributed by atoms with van der Waals surface area (Å²) in [5, 5.41) is 3.04. The van der Waals surface area contributed by atoms with Crippen LogP contribution in [0.2, 0.25) is 0 Å². The van der Waals surface area contributed by atoms with Gasteiger partial charge >= 0.3 is 6.03 Å². The van der Waals surface area contributed by atoms with Crippen molar-refractivity contribution in [1.29, 1.82) is 0 Å². The molecule has 1 aromatic rings. The van der Waals surface area contributed by atoms with E-state index >= 15 is 0 Å². The zero-order chi connectivity index (χ0) is 15.0. The first-order chi connectivity index (χ1) is 10.1. The molecule has 2 aliphatic rings. The van der Waals surface area contributed by atoms with Crippen molar-refractivity contribution in [2.45, 2.75) is 31.8 Å². The fraction of sp³-hybridized carbons (Fsp3) is 0.562. The number of benzene rings is 1. The number of anilines is 1. The Labute approximate surface area is 125 Å². The van der Waals surface area contributed by atoms with Crippen LogP contribution in [0.3, 0.4) is 0 Å². The van der Waals surface area contributed by atoms with Crippen LogP contribution in [-0.4, -0.2) is 42.8 Å². The summed E-state index contributed by atoms with van der Waals surface area (Å²) in [6.07, 6.45) is 0. The van der Waals surface area contributed by atoms with Crippen LogP contribution >= 0.6 is 0 Å². The first-order valence-corrected chi connectivity index (χ1v) is 7.57. The third-order valence-electron chi connectivity index (χ3n) is 4.54. The molecule has 5 heteroatoms. The number of para-hydroxylation sites is 1. The van der Waals surface area contributed by atoms with E-state index in [2.05, 4.69) is 25.2 Å². The standard InChI is InChI=1S/C16H23N3O2/c1-10(2)11-5-3-4-6-14(11)18-16(20)19-7-13(17)12-8-21-9-15(12)19/h3-6,10,12-13,15H,7-9,17H2,1-2H3,(H,18,20). The van der Waals surface area contributed by atoms with E-state index in [0.717, 1.165) is 11.3 Å². The van der Waals surface area contributed by atoms with Crippen molar-refractivity contribution in [2.75, 3.05) is 25.1 Å². The number of hydrogen-bond donors (Lipinski definition) is 2. The minimum atomic E-state index is -0.0726. The highest BCUT2D eigenvalue weighted by Gasteiger charge is 2.45. The van der Waals surface area contributed by atoms with Gasteiger partial charge in [-0.05, 0) is 17.5 Å². The molecule has 0 aliphatic carbocycles. The Morgan fingerprint density at radius 2 is 2.14 bits per heavy atom. The lowest BCUT2D eigenvalue weighted by molar-refractivity contribution is 0.150. The lowest BCUT2D eigenvalue weighted by Crippen LogP contribution is -2.41. The molecular weight excluding hydrogens is 266 g/mol. The molecule has 2 saturated heterocycles. The molecule has 2 heterocycles. The topological polar surface area (TPSA) is 67.6 Å². The van der Waals surface area contributed by atoms with E-state index in [4.69, 9.17) is 10.5 Å². The highest BCUT2D eigenvalue weighted by Crippen LogP contribution is 2.30. The van der Waals surface area contributed by atoms with Gasteiger partial charge in [0.25, 0.3) is 0 Å². The summed E-state index contributed by atoms with van der Waals surface area (Å²) in [4.78, 5) is 14.4. The van der Waals surface area contributed by atoms with Gasteiger partial charge in [-0.3, -0.25) is 0 Å². The number of carbonyl (C=O) groups is 1. The summed E-state index contributed by atoms with van der Waals surface area (Å²) in [6.45, 7) is 6.11. The number of urea groups is 1. The van der Waals surface area contributed by atoms with E-state index in [1.165, 1.54) is 0 Å². The van der Waals surface area contributed by atoms with Gasteiger partial charge in [-0.15, -0.1) is 0 Å². The van der Waals surface area contributed by atoms with Gasteiger partial charge in [0.1, 0.15) is 0 Å². The molecule has 2 aliphatic heterocycles. The van der Waals surface area contributed by atoms with Gasteiger partial charge < -0.3 is 20.7 Å². The zero-order valence-electron chi connectivity index (χ0n) is 12.6. The van der Waals surface area contributed by atoms with Crippen LogP contribution in [0.1, 0.15) is 25.3 Å². The van der Waals surface area contributed by atoms with E-state index < -0.39 is 0 Å². The molecule has 5 nitrogen and oxygen atoms in total. The summed E-state index contributed by atoms with van der Waals surface area (Å²) in [7, 11) is 0. The largest absolute Gasteiger partial charge is 0.379 e. The smallest absolute Gasteiger partial charge is 0.322 e. The number of ether oxygens (including phenoxy) is 1. The number of amides is 2. The van der Waals surface area contributed by atoms with E-state index in [1.54, 1.807) is 0 Å². The highest BCUT2D eigenvalue weighted by molar-refractivity contribution is 5.90.